The normalized spacial score (nSPS) is 9.64. The number of para-hydroxylation sites is 1. The molecule has 0 spiro atoms. The summed E-state index contributed by atoms with van der Waals surface area (Å²) in [6.07, 6.45) is 0. The van der Waals surface area contributed by atoms with Crippen LogP contribution in [-0.2, 0) is 0 Å². The Morgan fingerprint density at radius 3 is 1.82 bits per heavy atom. The van der Waals surface area contributed by atoms with E-state index < -0.39 is 0 Å². The van der Waals surface area contributed by atoms with Crippen LogP contribution in [0.4, 0.5) is 5.69 Å². The summed E-state index contributed by atoms with van der Waals surface area (Å²) in [6.45, 7) is 0. The third-order valence-corrected chi connectivity index (χ3v) is 1.44. The first-order valence-electron chi connectivity index (χ1n) is 3.31. The lowest BCUT2D eigenvalue weighted by atomic mass is 10.2. The van der Waals surface area contributed by atoms with Gasteiger partial charge in [-0.25, -0.2) is 0 Å². The molecule has 1 aromatic rings. The van der Waals surface area contributed by atoms with Crippen molar-refractivity contribution in [1.82, 2.24) is 0 Å². The lowest BCUT2D eigenvalue weighted by Gasteiger charge is -2.14. The Labute approximate surface area is 65.5 Å². The second-order valence-corrected chi connectivity index (χ2v) is 2.54. The van der Waals surface area contributed by atoms with Gasteiger partial charge in [-0.05, 0) is 12.1 Å². The molecule has 0 amide bonds. The molecule has 0 unspecified atom stereocenters. The van der Waals surface area contributed by atoms with Gasteiger partial charge in [0.2, 0.25) is 0 Å². The Morgan fingerprint density at radius 2 is 1.55 bits per heavy atom. The summed E-state index contributed by atoms with van der Waals surface area (Å²) >= 11 is 0. The minimum Gasteiger partial charge on any atom is -0.506 e. The lowest BCUT2D eigenvalue weighted by molar-refractivity contribution is 0.451. The molecular weight excluding hydrogens is 142 g/mol. The smallest absolute Gasteiger partial charge is 0.142 e. The van der Waals surface area contributed by atoms with Crippen molar-refractivity contribution in [2.24, 2.45) is 0 Å². The van der Waals surface area contributed by atoms with Gasteiger partial charge in [0, 0.05) is 14.1 Å². The van der Waals surface area contributed by atoms with Crippen LogP contribution in [0, 0.1) is 0 Å². The van der Waals surface area contributed by atoms with E-state index in [4.69, 9.17) is 0 Å². The van der Waals surface area contributed by atoms with Crippen LogP contribution in [0.15, 0.2) is 18.2 Å². The predicted octanol–water partition coefficient (Wildman–Crippen LogP) is 1.16. The first-order valence-corrected chi connectivity index (χ1v) is 3.31. The van der Waals surface area contributed by atoms with Gasteiger partial charge in [0.1, 0.15) is 17.2 Å². The van der Waals surface area contributed by atoms with Gasteiger partial charge in [-0.15, -0.1) is 0 Å². The summed E-state index contributed by atoms with van der Waals surface area (Å²) in [4.78, 5) is 1.66. The highest BCUT2D eigenvalue weighted by Crippen LogP contribution is 2.34. The quantitative estimate of drug-likeness (QED) is 0.636. The lowest BCUT2D eigenvalue weighted by Crippen LogP contribution is -2.08. The molecule has 0 saturated heterocycles. The summed E-state index contributed by atoms with van der Waals surface area (Å²) in [5, 5.41) is 18.5. The van der Waals surface area contributed by atoms with Gasteiger partial charge >= 0.3 is 0 Å². The molecule has 3 nitrogen and oxygen atoms in total. The number of hydrogen-bond acceptors (Lipinski definition) is 3. The summed E-state index contributed by atoms with van der Waals surface area (Å²) in [7, 11) is 3.52. The fourth-order valence-corrected chi connectivity index (χ4v) is 0.978. The van der Waals surface area contributed by atoms with Crippen LogP contribution in [0.25, 0.3) is 0 Å². The number of phenols is 2. The molecule has 3 heteroatoms. The Kier molecular flexibility index (Phi) is 1.89. The Morgan fingerprint density at radius 1 is 1.09 bits per heavy atom. The van der Waals surface area contributed by atoms with E-state index in [1.165, 1.54) is 12.1 Å². The largest absolute Gasteiger partial charge is 0.506 e. The summed E-state index contributed by atoms with van der Waals surface area (Å²) < 4.78 is 0. The van der Waals surface area contributed by atoms with Crippen LogP contribution < -0.4 is 4.90 Å². The first-order chi connectivity index (χ1) is 5.13. The Hall–Kier alpha value is -1.38. The SMILES string of the molecule is CN(C)c1c(O)cccc1O. The molecule has 0 aliphatic rings. The Balaban J connectivity index is 3.21. The van der Waals surface area contributed by atoms with Gasteiger partial charge in [0.05, 0.1) is 0 Å². The standard InChI is InChI=1S/C8H11NO2/c1-9(2)8-6(10)4-3-5-7(8)11/h3-5,10-11H,1-2H3. The number of aromatic hydroxyl groups is 2. The van der Waals surface area contributed by atoms with Crippen LogP contribution in [0.3, 0.4) is 0 Å². The number of phenolic OH excluding ortho intramolecular Hbond substituents is 2. The van der Waals surface area contributed by atoms with Crippen molar-refractivity contribution < 1.29 is 10.2 Å². The number of nitrogens with zero attached hydrogens (tertiary/aromatic N) is 1. The van der Waals surface area contributed by atoms with Crippen molar-refractivity contribution in [3.63, 3.8) is 0 Å². The van der Waals surface area contributed by atoms with Crippen LogP contribution in [0.1, 0.15) is 0 Å². The van der Waals surface area contributed by atoms with Crippen LogP contribution in [0.2, 0.25) is 0 Å². The van der Waals surface area contributed by atoms with Crippen molar-refractivity contribution >= 4 is 5.69 Å². The van der Waals surface area contributed by atoms with Crippen LogP contribution >= 0.6 is 0 Å². The Bertz CT molecular complexity index is 238. The molecule has 2 N–H and O–H groups in total. The first kappa shape index (κ1) is 7.72. The molecule has 0 aliphatic heterocycles. The highest BCUT2D eigenvalue weighted by Gasteiger charge is 2.06. The van der Waals surface area contributed by atoms with E-state index in [1.54, 1.807) is 25.1 Å². The fraction of sp³-hybridized carbons (Fsp3) is 0.250. The van der Waals surface area contributed by atoms with Crippen molar-refractivity contribution in [2.75, 3.05) is 19.0 Å². The molecule has 0 fully saturated rings. The van der Waals surface area contributed by atoms with Crippen molar-refractivity contribution in [3.8, 4) is 11.5 Å². The van der Waals surface area contributed by atoms with E-state index in [9.17, 15) is 10.2 Å². The molecule has 60 valence electrons. The van der Waals surface area contributed by atoms with Crippen LogP contribution in [0.5, 0.6) is 11.5 Å². The van der Waals surface area contributed by atoms with E-state index in [-0.39, 0.29) is 11.5 Å². The van der Waals surface area contributed by atoms with Gasteiger partial charge in [-0.2, -0.15) is 0 Å². The van der Waals surface area contributed by atoms with E-state index in [2.05, 4.69) is 0 Å². The van der Waals surface area contributed by atoms with Gasteiger partial charge < -0.3 is 15.1 Å². The molecule has 0 radical (unpaired) electrons. The summed E-state index contributed by atoms with van der Waals surface area (Å²) in [6, 6.07) is 4.67. The van der Waals surface area contributed by atoms with E-state index in [0.29, 0.717) is 5.69 Å². The van der Waals surface area contributed by atoms with Crippen LogP contribution in [-0.4, -0.2) is 24.3 Å². The molecule has 0 aliphatic carbocycles. The molecule has 0 bridgehead atoms. The van der Waals surface area contributed by atoms with Gasteiger partial charge in [0.15, 0.2) is 0 Å². The molecular formula is C8H11NO2. The zero-order chi connectivity index (χ0) is 8.43. The average Bonchev–Trinajstić information content (AvgIpc) is 1.85. The second kappa shape index (κ2) is 2.70. The fourth-order valence-electron chi connectivity index (χ4n) is 0.978. The van der Waals surface area contributed by atoms with Crippen molar-refractivity contribution in [1.29, 1.82) is 0 Å². The van der Waals surface area contributed by atoms with Gasteiger partial charge in [-0.3, -0.25) is 0 Å². The van der Waals surface area contributed by atoms with Crippen molar-refractivity contribution in [3.05, 3.63) is 18.2 Å². The second-order valence-electron chi connectivity index (χ2n) is 2.54. The maximum Gasteiger partial charge on any atom is 0.142 e. The summed E-state index contributed by atoms with van der Waals surface area (Å²) in [5.74, 6) is 0.185. The minimum atomic E-state index is 0.0926. The van der Waals surface area contributed by atoms with Crippen molar-refractivity contribution in [2.45, 2.75) is 0 Å². The highest BCUT2D eigenvalue weighted by atomic mass is 16.3. The molecule has 0 atom stereocenters. The maximum atomic E-state index is 9.26. The molecule has 11 heavy (non-hydrogen) atoms. The van der Waals surface area contributed by atoms with Gasteiger partial charge in [-0.1, -0.05) is 6.07 Å². The minimum absolute atomic E-state index is 0.0926. The molecule has 0 aromatic heterocycles. The van der Waals surface area contributed by atoms with E-state index >= 15 is 0 Å². The number of hydrogen-bond donors (Lipinski definition) is 2. The number of rotatable bonds is 1. The molecule has 1 rings (SSSR count). The van der Waals surface area contributed by atoms with Gasteiger partial charge in [0.25, 0.3) is 0 Å². The van der Waals surface area contributed by atoms with E-state index in [1.807, 2.05) is 0 Å². The third kappa shape index (κ3) is 1.37. The topological polar surface area (TPSA) is 43.7 Å². The predicted molar refractivity (Wildman–Crippen MR) is 44.1 cm³/mol. The summed E-state index contributed by atoms with van der Waals surface area (Å²) in [5.41, 5.74) is 0.451. The zero-order valence-electron chi connectivity index (χ0n) is 6.57. The molecule has 1 aromatic carbocycles. The monoisotopic (exact) mass is 153 g/mol. The zero-order valence-corrected chi connectivity index (χ0v) is 6.57. The molecule has 0 heterocycles. The highest BCUT2D eigenvalue weighted by molar-refractivity contribution is 5.65. The third-order valence-electron chi connectivity index (χ3n) is 1.44. The number of anilines is 1. The maximum absolute atomic E-state index is 9.26. The molecule has 0 saturated carbocycles. The average molecular weight is 153 g/mol. The number of benzene rings is 1. The van der Waals surface area contributed by atoms with E-state index in [0.717, 1.165) is 0 Å².